The zero-order valence-electron chi connectivity index (χ0n) is 12.5. The molecule has 4 nitrogen and oxygen atoms in total. The van der Waals surface area contributed by atoms with Gasteiger partial charge in [0.1, 0.15) is 5.75 Å². The van der Waals surface area contributed by atoms with Gasteiger partial charge in [-0.25, -0.2) is 4.79 Å². The molecule has 0 atom stereocenters. The molecule has 0 saturated carbocycles. The third kappa shape index (κ3) is 3.04. The third-order valence-corrected chi connectivity index (χ3v) is 3.91. The van der Waals surface area contributed by atoms with E-state index in [9.17, 15) is 9.59 Å². The first kappa shape index (κ1) is 16.2. The number of ether oxygens (including phenoxy) is 2. The summed E-state index contributed by atoms with van der Waals surface area (Å²) < 4.78 is 10.6. The van der Waals surface area contributed by atoms with Crippen LogP contribution in [0.15, 0.2) is 40.9 Å². The molecule has 0 aromatic heterocycles. The van der Waals surface area contributed by atoms with E-state index in [1.165, 1.54) is 14.2 Å². The lowest BCUT2D eigenvalue weighted by atomic mass is 9.97. The van der Waals surface area contributed by atoms with Crippen LogP contribution in [0, 0.1) is 6.92 Å². The number of methoxy groups -OCH3 is 2. The highest BCUT2D eigenvalue weighted by Gasteiger charge is 2.23. The van der Waals surface area contributed by atoms with E-state index in [0.717, 1.165) is 5.56 Å². The van der Waals surface area contributed by atoms with E-state index in [4.69, 9.17) is 9.47 Å². The molecule has 0 heterocycles. The number of carbonyl (C=O) groups is 2. The van der Waals surface area contributed by atoms with Gasteiger partial charge in [-0.05, 0) is 46.6 Å². The average molecular weight is 363 g/mol. The number of esters is 1. The van der Waals surface area contributed by atoms with Crippen LogP contribution in [-0.4, -0.2) is 26.0 Å². The summed E-state index contributed by atoms with van der Waals surface area (Å²) in [4.78, 5) is 24.8. The van der Waals surface area contributed by atoms with Gasteiger partial charge in [0.2, 0.25) is 0 Å². The van der Waals surface area contributed by atoms with Crippen LogP contribution in [0.2, 0.25) is 0 Å². The van der Waals surface area contributed by atoms with Gasteiger partial charge in [0, 0.05) is 10.0 Å². The van der Waals surface area contributed by atoms with Crippen LogP contribution < -0.4 is 4.74 Å². The van der Waals surface area contributed by atoms with Crippen molar-refractivity contribution in [2.75, 3.05) is 14.2 Å². The molecule has 0 aliphatic carbocycles. The van der Waals surface area contributed by atoms with Crippen molar-refractivity contribution in [3.05, 3.63) is 63.1 Å². The summed E-state index contributed by atoms with van der Waals surface area (Å²) in [5.74, 6) is -0.388. The van der Waals surface area contributed by atoms with E-state index in [1.807, 2.05) is 13.0 Å². The highest BCUT2D eigenvalue weighted by atomic mass is 79.9. The summed E-state index contributed by atoms with van der Waals surface area (Å²) in [5, 5.41) is 0. The first-order chi connectivity index (χ1) is 10.5. The van der Waals surface area contributed by atoms with E-state index in [-0.39, 0.29) is 16.9 Å². The second kappa shape index (κ2) is 6.75. The van der Waals surface area contributed by atoms with Crippen LogP contribution in [0.3, 0.4) is 0 Å². The molecule has 2 rings (SSSR count). The molecule has 0 bridgehead atoms. The maximum Gasteiger partial charge on any atom is 0.339 e. The van der Waals surface area contributed by atoms with Crippen LogP contribution in [0.5, 0.6) is 5.75 Å². The van der Waals surface area contributed by atoms with Crippen LogP contribution in [-0.2, 0) is 4.74 Å². The summed E-state index contributed by atoms with van der Waals surface area (Å²) in [6.07, 6.45) is 0. The molecule has 114 valence electrons. The van der Waals surface area contributed by atoms with Crippen molar-refractivity contribution in [3.8, 4) is 5.75 Å². The molecule has 0 fully saturated rings. The quantitative estimate of drug-likeness (QED) is 0.613. The maximum atomic E-state index is 12.8. The highest BCUT2D eigenvalue weighted by molar-refractivity contribution is 9.10. The highest BCUT2D eigenvalue weighted by Crippen LogP contribution is 2.28. The first-order valence-corrected chi connectivity index (χ1v) is 7.35. The minimum atomic E-state index is -0.568. The van der Waals surface area contributed by atoms with Gasteiger partial charge in [-0.2, -0.15) is 0 Å². The smallest absolute Gasteiger partial charge is 0.339 e. The van der Waals surface area contributed by atoms with E-state index in [1.54, 1.807) is 30.3 Å². The van der Waals surface area contributed by atoms with Gasteiger partial charge in [-0.15, -0.1) is 0 Å². The summed E-state index contributed by atoms with van der Waals surface area (Å²) in [6.45, 7) is 1.91. The number of ketones is 1. The van der Waals surface area contributed by atoms with Crippen LogP contribution in [0.4, 0.5) is 0 Å². The van der Waals surface area contributed by atoms with Crippen molar-refractivity contribution in [1.82, 2.24) is 0 Å². The maximum absolute atomic E-state index is 12.8. The van der Waals surface area contributed by atoms with Crippen molar-refractivity contribution in [1.29, 1.82) is 0 Å². The fourth-order valence-corrected chi connectivity index (χ4v) is 2.68. The molecule has 0 amide bonds. The molecular formula is C17H15BrO4. The van der Waals surface area contributed by atoms with Crippen molar-refractivity contribution in [3.63, 3.8) is 0 Å². The molecule has 2 aromatic carbocycles. The molecule has 5 heteroatoms. The summed E-state index contributed by atoms with van der Waals surface area (Å²) in [6, 6.07) is 10.3. The molecular weight excluding hydrogens is 348 g/mol. The van der Waals surface area contributed by atoms with E-state index in [2.05, 4.69) is 15.9 Å². The molecule has 22 heavy (non-hydrogen) atoms. The Morgan fingerprint density at radius 1 is 1.05 bits per heavy atom. The van der Waals surface area contributed by atoms with Gasteiger partial charge in [-0.1, -0.05) is 18.2 Å². The second-order valence-electron chi connectivity index (χ2n) is 4.69. The normalized spacial score (nSPS) is 10.2. The molecule has 0 N–H and O–H groups in total. The van der Waals surface area contributed by atoms with Crippen molar-refractivity contribution in [2.45, 2.75) is 6.92 Å². The zero-order valence-corrected chi connectivity index (χ0v) is 14.1. The molecule has 2 aromatic rings. The number of carbonyl (C=O) groups excluding carboxylic acids is 2. The minimum Gasteiger partial charge on any atom is -0.496 e. The lowest BCUT2D eigenvalue weighted by Gasteiger charge is -2.12. The Labute approximate surface area is 137 Å². The standard InChI is InChI=1S/C17H15BrO4/c1-10-7-8-11(14(9-10)21-2)16(19)12-5-4-6-13(18)15(12)17(20)22-3/h4-9H,1-3H3. The van der Waals surface area contributed by atoms with Gasteiger partial charge in [0.15, 0.2) is 5.78 Å². The fourth-order valence-electron chi connectivity index (χ4n) is 2.15. The number of rotatable bonds is 4. The average Bonchev–Trinajstić information content (AvgIpc) is 2.53. The minimum absolute atomic E-state index is 0.206. The van der Waals surface area contributed by atoms with Crippen molar-refractivity contribution < 1.29 is 19.1 Å². The second-order valence-corrected chi connectivity index (χ2v) is 5.54. The summed E-state index contributed by atoms with van der Waals surface area (Å²) in [5.41, 5.74) is 1.85. The van der Waals surface area contributed by atoms with Gasteiger partial charge in [-0.3, -0.25) is 4.79 Å². The van der Waals surface area contributed by atoms with E-state index < -0.39 is 5.97 Å². The predicted molar refractivity (Wildman–Crippen MR) is 86.6 cm³/mol. The predicted octanol–water partition coefficient (Wildman–Crippen LogP) is 3.78. The number of benzene rings is 2. The lowest BCUT2D eigenvalue weighted by molar-refractivity contribution is 0.0596. The van der Waals surface area contributed by atoms with Gasteiger partial charge >= 0.3 is 5.97 Å². The van der Waals surface area contributed by atoms with Crippen molar-refractivity contribution in [2.24, 2.45) is 0 Å². The molecule has 0 radical (unpaired) electrons. The molecule has 0 aliphatic heterocycles. The van der Waals surface area contributed by atoms with E-state index in [0.29, 0.717) is 15.8 Å². The van der Waals surface area contributed by atoms with Crippen molar-refractivity contribution >= 4 is 27.7 Å². The Hall–Kier alpha value is -2.14. The Morgan fingerprint density at radius 3 is 2.41 bits per heavy atom. The summed E-state index contributed by atoms with van der Waals surface area (Å²) in [7, 11) is 2.79. The SMILES string of the molecule is COC(=O)c1c(Br)cccc1C(=O)c1ccc(C)cc1OC. The first-order valence-electron chi connectivity index (χ1n) is 6.55. The molecule has 0 unspecified atom stereocenters. The Morgan fingerprint density at radius 2 is 1.77 bits per heavy atom. The molecule has 0 aliphatic rings. The Bertz CT molecular complexity index is 737. The number of aryl methyl sites for hydroxylation is 1. The van der Waals surface area contributed by atoms with Crippen LogP contribution in [0.1, 0.15) is 31.8 Å². The fraction of sp³-hybridized carbons (Fsp3) is 0.176. The topological polar surface area (TPSA) is 52.6 Å². The van der Waals surface area contributed by atoms with Gasteiger partial charge < -0.3 is 9.47 Å². The lowest BCUT2D eigenvalue weighted by Crippen LogP contribution is -2.13. The number of hydrogen-bond acceptors (Lipinski definition) is 4. The largest absolute Gasteiger partial charge is 0.496 e. The monoisotopic (exact) mass is 362 g/mol. The Kier molecular flexibility index (Phi) is 4.98. The van der Waals surface area contributed by atoms with Crippen LogP contribution >= 0.6 is 15.9 Å². The number of halogens is 1. The molecule has 0 spiro atoms. The van der Waals surface area contributed by atoms with Gasteiger partial charge in [0.25, 0.3) is 0 Å². The third-order valence-electron chi connectivity index (χ3n) is 3.25. The molecule has 0 saturated heterocycles. The van der Waals surface area contributed by atoms with E-state index >= 15 is 0 Å². The number of hydrogen-bond donors (Lipinski definition) is 0. The summed E-state index contributed by atoms with van der Waals surface area (Å²) >= 11 is 3.29. The van der Waals surface area contributed by atoms with Gasteiger partial charge in [0.05, 0.1) is 25.3 Å². The Balaban J connectivity index is 2.60. The zero-order chi connectivity index (χ0) is 16.3. The van der Waals surface area contributed by atoms with Crippen LogP contribution in [0.25, 0.3) is 0 Å².